The fourth-order valence-electron chi connectivity index (χ4n) is 11.8. The zero-order valence-electron chi connectivity index (χ0n) is 30.3. The number of nitrogens with zero attached hydrogens (tertiary/aromatic N) is 4. The van der Waals surface area contributed by atoms with E-state index in [4.69, 9.17) is 4.74 Å². The van der Waals surface area contributed by atoms with E-state index in [0.29, 0.717) is 11.3 Å². The van der Waals surface area contributed by atoms with E-state index in [1.807, 2.05) is 0 Å². The van der Waals surface area contributed by atoms with Gasteiger partial charge in [0.2, 0.25) is 5.69 Å². The van der Waals surface area contributed by atoms with Gasteiger partial charge in [-0.2, -0.15) is 9.13 Å². The number of hydrogen-bond donors (Lipinski definition) is 0. The van der Waals surface area contributed by atoms with Crippen molar-refractivity contribution in [3.8, 4) is 45.3 Å². The molecule has 6 heterocycles. The SMILES string of the molecule is Cc1c(-c2ccc(-c3cccc4c3C3CC(C4)C3(C)C)cc2)c(C)[n+]2n1-c1cccc3c1C21c2c(ccc4c5ccccc5n(c24)-c2cccc[n+]21)O3. The van der Waals surface area contributed by atoms with Crippen LogP contribution in [0.2, 0.25) is 0 Å². The van der Waals surface area contributed by atoms with Gasteiger partial charge in [-0.3, -0.25) is 0 Å². The molecule has 254 valence electrons. The zero-order valence-corrected chi connectivity index (χ0v) is 30.3. The molecule has 3 atom stereocenters. The van der Waals surface area contributed by atoms with Gasteiger partial charge in [-0.25, -0.2) is 0 Å². The van der Waals surface area contributed by atoms with Crippen LogP contribution >= 0.6 is 0 Å². The number of pyridine rings is 1. The van der Waals surface area contributed by atoms with Gasteiger partial charge in [-0.05, 0) is 107 Å². The van der Waals surface area contributed by atoms with Crippen LogP contribution in [0.5, 0.6) is 11.5 Å². The van der Waals surface area contributed by atoms with Crippen LogP contribution in [0.15, 0.2) is 121 Å². The highest BCUT2D eigenvalue weighted by Gasteiger charge is 2.70. The molecular weight excluding hydrogens is 649 g/mol. The Hall–Kier alpha value is -5.94. The Morgan fingerprint density at radius 1 is 0.736 bits per heavy atom. The molecule has 0 radical (unpaired) electrons. The molecule has 0 N–H and O–H groups in total. The number of fused-ring (bicyclic) bond motifs is 7. The predicted octanol–water partition coefficient (Wildman–Crippen LogP) is 9.82. The highest BCUT2D eigenvalue weighted by molar-refractivity contribution is 6.11. The van der Waals surface area contributed by atoms with Crippen molar-refractivity contribution in [3.05, 3.63) is 155 Å². The van der Waals surface area contributed by atoms with Gasteiger partial charge in [0, 0.05) is 23.8 Å². The molecule has 1 saturated carbocycles. The van der Waals surface area contributed by atoms with E-state index < -0.39 is 5.66 Å². The van der Waals surface area contributed by atoms with Crippen molar-refractivity contribution in [2.45, 2.75) is 52.1 Å². The Morgan fingerprint density at radius 3 is 2.40 bits per heavy atom. The molecule has 5 heteroatoms. The summed E-state index contributed by atoms with van der Waals surface area (Å²) < 4.78 is 16.9. The average Bonchev–Trinajstić information content (AvgIpc) is 3.79. The van der Waals surface area contributed by atoms with E-state index in [-0.39, 0.29) is 0 Å². The molecule has 3 aliphatic carbocycles. The summed E-state index contributed by atoms with van der Waals surface area (Å²) in [6.45, 7) is 9.57. The van der Waals surface area contributed by atoms with Gasteiger partial charge < -0.3 is 4.74 Å². The van der Waals surface area contributed by atoms with E-state index in [1.165, 1.54) is 79.4 Å². The molecule has 0 saturated heterocycles. The molecular formula is C48H38N4O+2. The molecule has 1 spiro atoms. The molecule has 3 unspecified atom stereocenters. The minimum atomic E-state index is -0.691. The van der Waals surface area contributed by atoms with Crippen LogP contribution in [-0.4, -0.2) is 9.25 Å². The van der Waals surface area contributed by atoms with Crippen LogP contribution in [0.1, 0.15) is 59.8 Å². The first-order valence-electron chi connectivity index (χ1n) is 19.2. The number of hydrogen-bond acceptors (Lipinski definition) is 1. The third-order valence-electron chi connectivity index (χ3n) is 14.2. The summed E-state index contributed by atoms with van der Waals surface area (Å²) in [5.41, 5.74) is 16.5. The Balaban J connectivity index is 1.08. The van der Waals surface area contributed by atoms with Crippen LogP contribution in [0.3, 0.4) is 0 Å². The monoisotopic (exact) mass is 686 g/mol. The maximum Gasteiger partial charge on any atom is 0.397 e. The normalized spacial score (nSPS) is 21.4. The first-order valence-corrected chi connectivity index (χ1v) is 19.2. The fourth-order valence-corrected chi connectivity index (χ4v) is 11.8. The maximum absolute atomic E-state index is 6.90. The number of ether oxygens (including phenoxy) is 1. The lowest BCUT2D eigenvalue weighted by Crippen LogP contribution is -2.77. The van der Waals surface area contributed by atoms with Gasteiger partial charge in [0.05, 0.1) is 17.5 Å². The molecule has 14 rings (SSSR count). The molecule has 3 aromatic heterocycles. The van der Waals surface area contributed by atoms with Gasteiger partial charge in [0.15, 0.2) is 11.1 Å². The quantitative estimate of drug-likeness (QED) is 0.166. The van der Waals surface area contributed by atoms with Crippen molar-refractivity contribution >= 4 is 21.8 Å². The summed E-state index contributed by atoms with van der Waals surface area (Å²) in [4.78, 5) is 0. The maximum atomic E-state index is 6.90. The third-order valence-corrected chi connectivity index (χ3v) is 14.2. The Kier molecular flexibility index (Phi) is 4.95. The highest BCUT2D eigenvalue weighted by atomic mass is 16.5. The smallest absolute Gasteiger partial charge is 0.397 e. The van der Waals surface area contributed by atoms with E-state index in [0.717, 1.165) is 28.9 Å². The Bertz CT molecular complexity index is 3000. The number of aromatic nitrogens is 4. The second kappa shape index (κ2) is 9.16. The lowest BCUT2D eigenvalue weighted by atomic mass is 9.47. The third kappa shape index (κ3) is 3.06. The van der Waals surface area contributed by atoms with Crippen molar-refractivity contribution in [2.75, 3.05) is 0 Å². The minimum Gasteiger partial charge on any atom is -0.456 e. The molecule has 8 aromatic rings. The molecule has 53 heavy (non-hydrogen) atoms. The predicted molar refractivity (Wildman–Crippen MR) is 207 cm³/mol. The van der Waals surface area contributed by atoms with Crippen molar-refractivity contribution in [1.29, 1.82) is 0 Å². The van der Waals surface area contributed by atoms with Crippen molar-refractivity contribution in [3.63, 3.8) is 0 Å². The fraction of sp³-hybridized carbons (Fsp3) is 0.208. The molecule has 5 nitrogen and oxygen atoms in total. The van der Waals surface area contributed by atoms with E-state index in [2.05, 4.69) is 168 Å². The van der Waals surface area contributed by atoms with Gasteiger partial charge in [-0.1, -0.05) is 85.3 Å². The molecule has 2 bridgehead atoms. The second-order valence-electron chi connectivity index (χ2n) is 16.7. The van der Waals surface area contributed by atoms with Crippen LogP contribution in [0.4, 0.5) is 0 Å². The van der Waals surface area contributed by atoms with E-state index >= 15 is 0 Å². The Labute approximate surface area is 307 Å². The topological polar surface area (TPSA) is 26.8 Å². The van der Waals surface area contributed by atoms with Gasteiger partial charge in [-0.15, -0.1) is 4.68 Å². The lowest BCUT2D eigenvalue weighted by molar-refractivity contribution is -0.995. The number of rotatable bonds is 2. The van der Waals surface area contributed by atoms with Crippen LogP contribution in [-0.2, 0) is 12.1 Å². The summed E-state index contributed by atoms with van der Waals surface area (Å²) in [7, 11) is 0. The minimum absolute atomic E-state index is 0.385. The zero-order chi connectivity index (χ0) is 35.1. The van der Waals surface area contributed by atoms with E-state index in [1.54, 1.807) is 11.1 Å². The standard InChI is InChI=1S/C48H38N4O/c1-27-42(30-20-18-29(19-21-30)33-13-9-11-31-25-32-26-36(43(31)33)47(32,3)4)28(2)52-48-44-38(51(27)52)15-10-16-39(44)53-40-23-22-35-34-12-5-6-14-37(34)50(46(35)45(40)48)41-17-7-8-24-49(41)48/h5-24,32,36H,25-26H2,1-4H3/q+2. The largest absolute Gasteiger partial charge is 0.456 e. The highest BCUT2D eigenvalue weighted by Crippen LogP contribution is 2.64. The summed E-state index contributed by atoms with van der Waals surface area (Å²) >= 11 is 0. The number of benzene rings is 5. The summed E-state index contributed by atoms with van der Waals surface area (Å²) in [5, 5.41) is 2.50. The average molecular weight is 687 g/mol. The number of para-hydroxylation sites is 1. The first kappa shape index (κ1) is 28.6. The molecule has 1 fully saturated rings. The van der Waals surface area contributed by atoms with Crippen LogP contribution in [0.25, 0.3) is 55.6 Å². The summed E-state index contributed by atoms with van der Waals surface area (Å²) in [6, 6.07) is 42.9. The van der Waals surface area contributed by atoms with Crippen molar-refractivity contribution < 1.29 is 14.0 Å². The lowest BCUT2D eigenvalue weighted by Gasteiger charge is -2.57. The molecule has 5 aromatic carbocycles. The second-order valence-corrected chi connectivity index (χ2v) is 16.7. The first-order chi connectivity index (χ1) is 25.9. The van der Waals surface area contributed by atoms with Gasteiger partial charge >= 0.3 is 5.66 Å². The van der Waals surface area contributed by atoms with E-state index in [9.17, 15) is 0 Å². The van der Waals surface area contributed by atoms with Gasteiger partial charge in [0.1, 0.15) is 28.3 Å². The van der Waals surface area contributed by atoms with Crippen molar-refractivity contribution in [2.24, 2.45) is 11.3 Å². The summed E-state index contributed by atoms with van der Waals surface area (Å²) in [5.74, 6) is 4.42. The van der Waals surface area contributed by atoms with Gasteiger partial charge in [0.25, 0.3) is 5.82 Å². The molecule has 6 aliphatic rings. The van der Waals surface area contributed by atoms with Crippen LogP contribution < -0.4 is 14.0 Å². The van der Waals surface area contributed by atoms with Crippen LogP contribution in [0, 0.1) is 25.2 Å². The Morgan fingerprint density at radius 2 is 1.53 bits per heavy atom. The summed E-state index contributed by atoms with van der Waals surface area (Å²) in [6.07, 6.45) is 4.81. The molecule has 3 aliphatic heterocycles. The molecule has 0 amide bonds. The van der Waals surface area contributed by atoms with Crippen molar-refractivity contribution in [1.82, 2.24) is 9.25 Å².